The van der Waals surface area contributed by atoms with Gasteiger partial charge in [-0.2, -0.15) is 0 Å². The standard InChI is InChI=1S/C12H18O4/c1-3-4-6-11(10-7-5-8-15-10)16-9-12(13)14-2/h5,7-8,11H,3-4,6,9H2,1-2H3. The highest BCUT2D eigenvalue weighted by Crippen LogP contribution is 2.23. The first kappa shape index (κ1) is 12.8. The molecule has 0 spiro atoms. The molecule has 0 aliphatic heterocycles. The van der Waals surface area contributed by atoms with E-state index in [-0.39, 0.29) is 18.7 Å². The van der Waals surface area contributed by atoms with Crippen LogP contribution in [-0.4, -0.2) is 19.7 Å². The van der Waals surface area contributed by atoms with Gasteiger partial charge in [-0.3, -0.25) is 0 Å². The number of unbranched alkanes of at least 4 members (excludes halogenated alkanes) is 1. The van der Waals surface area contributed by atoms with Crippen LogP contribution in [0.4, 0.5) is 0 Å². The van der Waals surface area contributed by atoms with Gasteiger partial charge in [0.2, 0.25) is 0 Å². The molecule has 4 heteroatoms. The van der Waals surface area contributed by atoms with E-state index in [1.165, 1.54) is 7.11 Å². The molecule has 0 aliphatic rings. The van der Waals surface area contributed by atoms with Gasteiger partial charge in [0.15, 0.2) is 0 Å². The SMILES string of the molecule is CCCCC(OCC(=O)OC)c1ccco1. The molecule has 1 heterocycles. The van der Waals surface area contributed by atoms with E-state index in [1.807, 2.05) is 12.1 Å². The van der Waals surface area contributed by atoms with Crippen molar-refractivity contribution in [3.63, 3.8) is 0 Å². The van der Waals surface area contributed by atoms with E-state index in [9.17, 15) is 4.79 Å². The van der Waals surface area contributed by atoms with E-state index in [4.69, 9.17) is 9.15 Å². The summed E-state index contributed by atoms with van der Waals surface area (Å²) in [7, 11) is 1.35. The fourth-order valence-corrected chi connectivity index (χ4v) is 1.40. The normalized spacial score (nSPS) is 12.4. The highest BCUT2D eigenvalue weighted by molar-refractivity contribution is 5.70. The summed E-state index contributed by atoms with van der Waals surface area (Å²) in [5.41, 5.74) is 0. The largest absolute Gasteiger partial charge is 0.467 e. The van der Waals surface area contributed by atoms with Gasteiger partial charge in [0.25, 0.3) is 0 Å². The summed E-state index contributed by atoms with van der Waals surface area (Å²) in [6, 6.07) is 3.67. The Bertz CT molecular complexity index is 292. The molecule has 0 N–H and O–H groups in total. The van der Waals surface area contributed by atoms with E-state index in [0.29, 0.717) is 0 Å². The predicted molar refractivity (Wildman–Crippen MR) is 58.9 cm³/mol. The lowest BCUT2D eigenvalue weighted by Crippen LogP contribution is -2.14. The van der Waals surface area contributed by atoms with Crippen LogP contribution in [0.2, 0.25) is 0 Å². The zero-order valence-corrected chi connectivity index (χ0v) is 9.77. The third-order valence-electron chi connectivity index (χ3n) is 2.31. The summed E-state index contributed by atoms with van der Waals surface area (Å²) in [6.07, 6.45) is 4.41. The van der Waals surface area contributed by atoms with Crippen LogP contribution in [0, 0.1) is 0 Å². The fourth-order valence-electron chi connectivity index (χ4n) is 1.40. The van der Waals surface area contributed by atoms with Gasteiger partial charge in [0.05, 0.1) is 13.4 Å². The number of furan rings is 1. The molecule has 1 rings (SSSR count). The summed E-state index contributed by atoms with van der Waals surface area (Å²) < 4.78 is 15.3. The summed E-state index contributed by atoms with van der Waals surface area (Å²) in [5.74, 6) is 0.394. The molecule has 1 unspecified atom stereocenters. The predicted octanol–water partition coefficient (Wildman–Crippen LogP) is 2.70. The Hall–Kier alpha value is -1.29. The molecule has 0 bridgehead atoms. The zero-order chi connectivity index (χ0) is 11.8. The van der Waals surface area contributed by atoms with Crippen LogP contribution in [0.15, 0.2) is 22.8 Å². The second kappa shape index (κ2) is 7.06. The molecule has 16 heavy (non-hydrogen) atoms. The van der Waals surface area contributed by atoms with Crippen LogP contribution in [0.3, 0.4) is 0 Å². The Morgan fingerprint density at radius 2 is 2.38 bits per heavy atom. The maximum atomic E-state index is 11.0. The van der Waals surface area contributed by atoms with E-state index >= 15 is 0 Å². The van der Waals surface area contributed by atoms with Gasteiger partial charge in [0.1, 0.15) is 18.5 Å². The summed E-state index contributed by atoms with van der Waals surface area (Å²) in [6.45, 7) is 2.07. The van der Waals surface area contributed by atoms with Crippen molar-refractivity contribution in [2.45, 2.75) is 32.3 Å². The van der Waals surface area contributed by atoms with E-state index in [0.717, 1.165) is 25.0 Å². The lowest BCUT2D eigenvalue weighted by molar-refractivity contribution is -0.148. The Labute approximate surface area is 95.5 Å². The van der Waals surface area contributed by atoms with Crippen LogP contribution in [0.1, 0.15) is 38.1 Å². The Kier molecular flexibility index (Phi) is 5.64. The van der Waals surface area contributed by atoms with Gasteiger partial charge in [0, 0.05) is 0 Å². The number of carbonyl (C=O) groups excluding carboxylic acids is 1. The molecule has 0 saturated heterocycles. The van der Waals surface area contributed by atoms with Crippen molar-refractivity contribution in [2.24, 2.45) is 0 Å². The van der Waals surface area contributed by atoms with Gasteiger partial charge in [-0.1, -0.05) is 19.8 Å². The van der Waals surface area contributed by atoms with Gasteiger partial charge < -0.3 is 13.9 Å². The van der Waals surface area contributed by atoms with Crippen molar-refractivity contribution in [1.82, 2.24) is 0 Å². The molecule has 0 radical (unpaired) electrons. The first-order valence-corrected chi connectivity index (χ1v) is 5.49. The average molecular weight is 226 g/mol. The molecule has 0 aromatic carbocycles. The molecule has 1 aromatic heterocycles. The van der Waals surface area contributed by atoms with Gasteiger partial charge in [-0.15, -0.1) is 0 Å². The number of methoxy groups -OCH3 is 1. The van der Waals surface area contributed by atoms with Crippen molar-refractivity contribution in [3.8, 4) is 0 Å². The second-order valence-corrected chi connectivity index (χ2v) is 3.53. The maximum Gasteiger partial charge on any atom is 0.331 e. The molecule has 0 amide bonds. The van der Waals surface area contributed by atoms with Crippen molar-refractivity contribution in [3.05, 3.63) is 24.2 Å². The average Bonchev–Trinajstić information content (AvgIpc) is 2.82. The van der Waals surface area contributed by atoms with E-state index in [2.05, 4.69) is 11.7 Å². The number of hydrogen-bond acceptors (Lipinski definition) is 4. The minimum absolute atomic E-state index is 0.0361. The minimum atomic E-state index is -0.368. The summed E-state index contributed by atoms with van der Waals surface area (Å²) in [5, 5.41) is 0. The molecule has 4 nitrogen and oxygen atoms in total. The molecule has 0 saturated carbocycles. The molecule has 90 valence electrons. The highest BCUT2D eigenvalue weighted by Gasteiger charge is 2.16. The Morgan fingerprint density at radius 1 is 1.56 bits per heavy atom. The molecule has 0 aliphatic carbocycles. The lowest BCUT2D eigenvalue weighted by atomic mass is 10.1. The van der Waals surface area contributed by atoms with Crippen LogP contribution < -0.4 is 0 Å². The Balaban J connectivity index is 2.47. The third kappa shape index (κ3) is 4.06. The second-order valence-electron chi connectivity index (χ2n) is 3.53. The summed E-state index contributed by atoms with van der Waals surface area (Å²) in [4.78, 5) is 11.0. The number of hydrogen-bond donors (Lipinski definition) is 0. The van der Waals surface area contributed by atoms with Gasteiger partial charge >= 0.3 is 5.97 Å². The van der Waals surface area contributed by atoms with Crippen molar-refractivity contribution in [2.75, 3.05) is 13.7 Å². The molecule has 1 aromatic rings. The molecular formula is C12H18O4. The topological polar surface area (TPSA) is 48.7 Å². The van der Waals surface area contributed by atoms with Gasteiger partial charge in [-0.05, 0) is 18.6 Å². The third-order valence-corrected chi connectivity index (χ3v) is 2.31. The van der Waals surface area contributed by atoms with Crippen LogP contribution in [0.25, 0.3) is 0 Å². The molecular weight excluding hydrogens is 208 g/mol. The van der Waals surface area contributed by atoms with Crippen LogP contribution in [-0.2, 0) is 14.3 Å². The maximum absolute atomic E-state index is 11.0. The Morgan fingerprint density at radius 3 is 2.94 bits per heavy atom. The highest BCUT2D eigenvalue weighted by atomic mass is 16.6. The quantitative estimate of drug-likeness (QED) is 0.671. The first-order chi connectivity index (χ1) is 7.77. The van der Waals surface area contributed by atoms with Crippen LogP contribution >= 0.6 is 0 Å². The number of ether oxygens (including phenoxy) is 2. The smallest absolute Gasteiger partial charge is 0.331 e. The molecule has 0 fully saturated rings. The number of carbonyl (C=O) groups is 1. The minimum Gasteiger partial charge on any atom is -0.467 e. The van der Waals surface area contributed by atoms with Crippen molar-refractivity contribution < 1.29 is 18.7 Å². The van der Waals surface area contributed by atoms with Crippen LogP contribution in [0.5, 0.6) is 0 Å². The monoisotopic (exact) mass is 226 g/mol. The van der Waals surface area contributed by atoms with E-state index < -0.39 is 0 Å². The summed E-state index contributed by atoms with van der Waals surface area (Å²) >= 11 is 0. The molecule has 1 atom stereocenters. The van der Waals surface area contributed by atoms with E-state index in [1.54, 1.807) is 6.26 Å². The number of esters is 1. The van der Waals surface area contributed by atoms with Crippen molar-refractivity contribution >= 4 is 5.97 Å². The zero-order valence-electron chi connectivity index (χ0n) is 9.77. The first-order valence-electron chi connectivity index (χ1n) is 5.49. The van der Waals surface area contributed by atoms with Crippen molar-refractivity contribution in [1.29, 1.82) is 0 Å². The fraction of sp³-hybridized carbons (Fsp3) is 0.583. The van der Waals surface area contributed by atoms with Gasteiger partial charge in [-0.25, -0.2) is 4.79 Å². The lowest BCUT2D eigenvalue weighted by Gasteiger charge is -2.14. The number of rotatable bonds is 7.